The number of anilines is 1. The lowest BCUT2D eigenvalue weighted by Crippen LogP contribution is -2.43. The van der Waals surface area contributed by atoms with E-state index in [1.807, 2.05) is 12.1 Å². The Morgan fingerprint density at radius 2 is 2.00 bits per heavy atom. The first-order chi connectivity index (χ1) is 10.7. The van der Waals surface area contributed by atoms with Crippen LogP contribution in [0.5, 0.6) is 0 Å². The summed E-state index contributed by atoms with van der Waals surface area (Å²) in [5.41, 5.74) is 3.63. The number of furan rings is 1. The van der Waals surface area contributed by atoms with E-state index in [1.54, 1.807) is 6.26 Å². The monoisotopic (exact) mass is 299 g/mol. The zero-order valence-corrected chi connectivity index (χ0v) is 12.9. The molecule has 4 nitrogen and oxygen atoms in total. The van der Waals surface area contributed by atoms with Crippen molar-refractivity contribution in [1.29, 1.82) is 0 Å². The molecule has 4 heteroatoms. The van der Waals surface area contributed by atoms with Gasteiger partial charge in [-0.1, -0.05) is 26.0 Å². The average molecular weight is 299 g/mol. The van der Waals surface area contributed by atoms with Crippen LogP contribution in [0, 0.1) is 0 Å². The zero-order chi connectivity index (χ0) is 15.1. The molecular weight excluding hydrogens is 278 g/mol. The van der Waals surface area contributed by atoms with Gasteiger partial charge >= 0.3 is 0 Å². The molecule has 0 radical (unpaired) electrons. The van der Waals surface area contributed by atoms with Crippen molar-refractivity contribution in [2.75, 3.05) is 18.5 Å². The van der Waals surface area contributed by atoms with Crippen molar-refractivity contribution in [3.63, 3.8) is 0 Å². The summed E-state index contributed by atoms with van der Waals surface area (Å²) in [5.74, 6) is 1.38. The van der Waals surface area contributed by atoms with Gasteiger partial charge < -0.3 is 19.2 Å². The van der Waals surface area contributed by atoms with Crippen molar-refractivity contribution < 1.29 is 13.9 Å². The van der Waals surface area contributed by atoms with Crippen LogP contribution in [0.1, 0.15) is 48.8 Å². The maximum Gasteiger partial charge on any atom is 0.128 e. The summed E-state index contributed by atoms with van der Waals surface area (Å²) in [6.45, 7) is 5.68. The molecule has 0 aliphatic carbocycles. The van der Waals surface area contributed by atoms with Crippen LogP contribution < -0.4 is 5.32 Å². The van der Waals surface area contributed by atoms with Gasteiger partial charge in [0.05, 0.1) is 19.5 Å². The first-order valence-corrected chi connectivity index (χ1v) is 7.91. The Kier molecular flexibility index (Phi) is 3.43. The molecule has 116 valence electrons. The summed E-state index contributed by atoms with van der Waals surface area (Å²) in [6, 6.07) is 10.5. The lowest BCUT2D eigenvalue weighted by atomic mass is 9.87. The van der Waals surface area contributed by atoms with Gasteiger partial charge in [-0.15, -0.1) is 0 Å². The van der Waals surface area contributed by atoms with Gasteiger partial charge in [0.2, 0.25) is 0 Å². The lowest BCUT2D eigenvalue weighted by Gasteiger charge is -2.42. The van der Waals surface area contributed by atoms with E-state index in [-0.39, 0.29) is 18.2 Å². The van der Waals surface area contributed by atoms with Crippen molar-refractivity contribution in [3.05, 3.63) is 53.5 Å². The minimum atomic E-state index is -0.0604. The summed E-state index contributed by atoms with van der Waals surface area (Å²) in [6.07, 6.45) is 1.60. The summed E-state index contributed by atoms with van der Waals surface area (Å²) in [7, 11) is 0. The summed E-state index contributed by atoms with van der Waals surface area (Å²) in [4.78, 5) is 0. The van der Waals surface area contributed by atoms with Crippen LogP contribution in [0.3, 0.4) is 0 Å². The molecule has 1 fully saturated rings. The number of nitrogens with one attached hydrogen (secondary N) is 1. The van der Waals surface area contributed by atoms with Crippen LogP contribution in [0.4, 0.5) is 5.69 Å². The van der Waals surface area contributed by atoms with Crippen molar-refractivity contribution in [1.82, 2.24) is 0 Å². The molecule has 0 spiro atoms. The Morgan fingerprint density at radius 1 is 1.14 bits per heavy atom. The Hall–Kier alpha value is -1.78. The van der Waals surface area contributed by atoms with Crippen molar-refractivity contribution >= 4 is 5.69 Å². The zero-order valence-electron chi connectivity index (χ0n) is 12.9. The number of rotatable bonds is 2. The molecule has 3 atom stereocenters. The minimum absolute atomic E-state index is 0.0160. The standard InChI is InChI=1S/C18H21NO3/c1-11(2)12-5-6-14-13(10-12)17-18(22-9-8-21-17)16(19-14)15-4-3-7-20-15/h3-7,10-11,16-19H,8-9H2,1-2H3. The molecule has 1 saturated heterocycles. The predicted molar refractivity (Wildman–Crippen MR) is 84.0 cm³/mol. The van der Waals surface area contributed by atoms with E-state index in [9.17, 15) is 0 Å². The molecule has 3 heterocycles. The van der Waals surface area contributed by atoms with Crippen molar-refractivity contribution in [3.8, 4) is 0 Å². The molecule has 1 aromatic heterocycles. The minimum Gasteiger partial charge on any atom is -0.467 e. The highest BCUT2D eigenvalue weighted by Crippen LogP contribution is 2.44. The predicted octanol–water partition coefficient (Wildman–Crippen LogP) is 4.03. The SMILES string of the molecule is CC(C)c1ccc2c(c1)C1OCCOC1C(c1ccco1)N2. The van der Waals surface area contributed by atoms with E-state index in [4.69, 9.17) is 13.9 Å². The van der Waals surface area contributed by atoms with E-state index in [0.717, 1.165) is 11.4 Å². The summed E-state index contributed by atoms with van der Waals surface area (Å²) in [5, 5.41) is 3.57. The normalized spacial score (nSPS) is 27.1. The van der Waals surface area contributed by atoms with E-state index >= 15 is 0 Å². The number of hydrogen-bond acceptors (Lipinski definition) is 4. The third-order valence-electron chi connectivity index (χ3n) is 4.53. The fourth-order valence-corrected chi connectivity index (χ4v) is 3.34. The fourth-order valence-electron chi connectivity index (χ4n) is 3.34. The van der Waals surface area contributed by atoms with Crippen molar-refractivity contribution in [2.24, 2.45) is 0 Å². The maximum absolute atomic E-state index is 6.06. The highest BCUT2D eigenvalue weighted by molar-refractivity contribution is 5.58. The molecule has 0 saturated carbocycles. The molecule has 2 aromatic rings. The second-order valence-electron chi connectivity index (χ2n) is 6.27. The molecule has 1 aromatic carbocycles. The summed E-state index contributed by atoms with van der Waals surface area (Å²) >= 11 is 0. The largest absolute Gasteiger partial charge is 0.467 e. The third-order valence-corrected chi connectivity index (χ3v) is 4.53. The van der Waals surface area contributed by atoms with Gasteiger partial charge in [0.1, 0.15) is 24.0 Å². The van der Waals surface area contributed by atoms with E-state index in [1.165, 1.54) is 11.1 Å². The number of fused-ring (bicyclic) bond motifs is 3. The smallest absolute Gasteiger partial charge is 0.128 e. The van der Waals surface area contributed by atoms with E-state index in [0.29, 0.717) is 19.1 Å². The quantitative estimate of drug-likeness (QED) is 0.909. The second kappa shape index (κ2) is 5.45. The second-order valence-corrected chi connectivity index (χ2v) is 6.27. The molecular formula is C18H21NO3. The number of ether oxygens (including phenoxy) is 2. The summed E-state index contributed by atoms with van der Waals surface area (Å²) < 4.78 is 17.7. The van der Waals surface area contributed by atoms with Gasteiger partial charge in [-0.25, -0.2) is 0 Å². The van der Waals surface area contributed by atoms with Crippen LogP contribution in [0.15, 0.2) is 41.0 Å². The van der Waals surface area contributed by atoms with Crippen LogP contribution in [0.25, 0.3) is 0 Å². The molecule has 0 bridgehead atoms. The maximum atomic E-state index is 6.06. The van der Waals surface area contributed by atoms with E-state index < -0.39 is 0 Å². The van der Waals surface area contributed by atoms with E-state index in [2.05, 4.69) is 37.4 Å². The third kappa shape index (κ3) is 2.23. The molecule has 3 unspecified atom stereocenters. The van der Waals surface area contributed by atoms with Gasteiger partial charge in [-0.05, 0) is 29.7 Å². The van der Waals surface area contributed by atoms with Crippen LogP contribution in [-0.2, 0) is 9.47 Å². The molecule has 4 rings (SSSR count). The van der Waals surface area contributed by atoms with Gasteiger partial charge in [0.15, 0.2) is 0 Å². The lowest BCUT2D eigenvalue weighted by molar-refractivity contribution is -0.152. The molecule has 2 aliphatic rings. The van der Waals surface area contributed by atoms with Crippen LogP contribution in [0.2, 0.25) is 0 Å². The Labute approximate surface area is 130 Å². The van der Waals surface area contributed by atoms with Gasteiger partial charge in [0.25, 0.3) is 0 Å². The Bertz CT molecular complexity index is 650. The van der Waals surface area contributed by atoms with Crippen LogP contribution in [-0.4, -0.2) is 19.3 Å². The molecule has 2 aliphatic heterocycles. The topological polar surface area (TPSA) is 43.6 Å². The van der Waals surface area contributed by atoms with Gasteiger partial charge in [-0.3, -0.25) is 0 Å². The molecule has 22 heavy (non-hydrogen) atoms. The van der Waals surface area contributed by atoms with Crippen molar-refractivity contribution in [2.45, 2.75) is 38.0 Å². The number of hydrogen-bond donors (Lipinski definition) is 1. The fraction of sp³-hybridized carbons (Fsp3) is 0.444. The van der Waals surface area contributed by atoms with Gasteiger partial charge in [-0.2, -0.15) is 0 Å². The molecule has 0 amide bonds. The first kappa shape index (κ1) is 13.9. The number of benzene rings is 1. The van der Waals surface area contributed by atoms with Gasteiger partial charge in [0, 0.05) is 11.3 Å². The van der Waals surface area contributed by atoms with Crippen LogP contribution >= 0.6 is 0 Å². The first-order valence-electron chi connectivity index (χ1n) is 7.91. The molecule has 1 N–H and O–H groups in total. The Balaban J connectivity index is 1.77. The highest BCUT2D eigenvalue weighted by Gasteiger charge is 2.42. The Morgan fingerprint density at radius 3 is 2.77 bits per heavy atom. The average Bonchev–Trinajstić information content (AvgIpc) is 3.08. The highest BCUT2D eigenvalue weighted by atomic mass is 16.6.